The molecule has 0 radical (unpaired) electrons. The third kappa shape index (κ3) is 2.12. The molecule has 1 rings (SSSR count). The van der Waals surface area contributed by atoms with Gasteiger partial charge < -0.3 is 5.73 Å². The lowest BCUT2D eigenvalue weighted by Crippen LogP contribution is -2.62. The fraction of sp³-hybridized carbons (Fsp3) is 1.00. The molecule has 1 atom stereocenters. The molecule has 0 spiro atoms. The van der Waals surface area contributed by atoms with Crippen LogP contribution in [0.15, 0.2) is 0 Å². The third-order valence-corrected chi connectivity index (χ3v) is 4.06. The molecule has 1 fully saturated rings. The normalized spacial score (nSPS) is 23.6. The molecule has 1 saturated heterocycles. The zero-order chi connectivity index (χ0) is 10.8. The first-order valence-corrected chi connectivity index (χ1v) is 6.02. The predicted molar refractivity (Wildman–Crippen MR) is 62.3 cm³/mol. The van der Waals surface area contributed by atoms with E-state index in [0.717, 1.165) is 6.54 Å². The van der Waals surface area contributed by atoms with E-state index < -0.39 is 0 Å². The Morgan fingerprint density at radius 3 is 2.00 bits per heavy atom. The molecule has 1 heterocycles. The Labute approximate surface area is 88.8 Å². The number of likely N-dealkylation sites (tertiary alicyclic amines) is 1. The van der Waals surface area contributed by atoms with Crippen molar-refractivity contribution in [1.82, 2.24) is 4.90 Å². The van der Waals surface area contributed by atoms with Crippen LogP contribution in [0, 0.1) is 11.3 Å². The lowest BCUT2D eigenvalue weighted by Gasteiger charge is -2.54. The monoisotopic (exact) mass is 198 g/mol. The van der Waals surface area contributed by atoms with Gasteiger partial charge in [-0.15, -0.1) is 0 Å². The van der Waals surface area contributed by atoms with Crippen LogP contribution >= 0.6 is 0 Å². The van der Waals surface area contributed by atoms with Crippen molar-refractivity contribution in [3.8, 4) is 0 Å². The Kier molecular flexibility index (Phi) is 3.96. The van der Waals surface area contributed by atoms with Crippen LogP contribution in [0.4, 0.5) is 0 Å². The van der Waals surface area contributed by atoms with Gasteiger partial charge in [0.1, 0.15) is 0 Å². The molecule has 14 heavy (non-hydrogen) atoms. The minimum Gasteiger partial charge on any atom is -0.329 e. The van der Waals surface area contributed by atoms with Gasteiger partial charge in [0.05, 0.1) is 0 Å². The fourth-order valence-corrected chi connectivity index (χ4v) is 2.59. The van der Waals surface area contributed by atoms with Crippen LogP contribution in [0.1, 0.15) is 40.5 Å². The Bertz CT molecular complexity index is 165. The van der Waals surface area contributed by atoms with Crippen molar-refractivity contribution in [3.63, 3.8) is 0 Å². The number of nitrogens with two attached hydrogens (primary N) is 1. The highest BCUT2D eigenvalue weighted by atomic mass is 15.2. The van der Waals surface area contributed by atoms with Gasteiger partial charge in [-0.3, -0.25) is 4.90 Å². The Morgan fingerprint density at radius 1 is 1.21 bits per heavy atom. The molecule has 1 unspecified atom stereocenters. The van der Waals surface area contributed by atoms with E-state index in [-0.39, 0.29) is 0 Å². The van der Waals surface area contributed by atoms with Gasteiger partial charge in [0, 0.05) is 25.7 Å². The van der Waals surface area contributed by atoms with Gasteiger partial charge in [0.15, 0.2) is 0 Å². The molecule has 0 aliphatic carbocycles. The summed E-state index contributed by atoms with van der Waals surface area (Å²) in [5, 5.41) is 0. The SMILES string of the molecule is CCC1(CC)CN(C(CN)C(C)C)C1. The number of hydrogen-bond acceptors (Lipinski definition) is 2. The molecule has 2 N–H and O–H groups in total. The molecule has 0 amide bonds. The van der Waals surface area contributed by atoms with Crippen molar-refractivity contribution in [2.45, 2.75) is 46.6 Å². The standard InChI is InChI=1S/C12H26N2/c1-5-12(6-2)8-14(9-12)11(7-13)10(3)4/h10-11H,5-9,13H2,1-4H3. The van der Waals surface area contributed by atoms with Crippen molar-refractivity contribution in [1.29, 1.82) is 0 Å². The topological polar surface area (TPSA) is 29.3 Å². The van der Waals surface area contributed by atoms with E-state index in [1.54, 1.807) is 0 Å². The first-order valence-electron chi connectivity index (χ1n) is 6.02. The Morgan fingerprint density at radius 2 is 1.71 bits per heavy atom. The zero-order valence-corrected chi connectivity index (χ0v) is 10.2. The summed E-state index contributed by atoms with van der Waals surface area (Å²) >= 11 is 0. The van der Waals surface area contributed by atoms with Crippen LogP contribution in [0.3, 0.4) is 0 Å². The van der Waals surface area contributed by atoms with Gasteiger partial charge in [-0.25, -0.2) is 0 Å². The summed E-state index contributed by atoms with van der Waals surface area (Å²) in [6, 6.07) is 0.598. The molecule has 1 aliphatic rings. The van der Waals surface area contributed by atoms with E-state index in [1.165, 1.54) is 25.9 Å². The smallest absolute Gasteiger partial charge is 0.0241 e. The van der Waals surface area contributed by atoms with Gasteiger partial charge in [0.25, 0.3) is 0 Å². The maximum absolute atomic E-state index is 5.81. The summed E-state index contributed by atoms with van der Waals surface area (Å²) in [6.07, 6.45) is 2.63. The second kappa shape index (κ2) is 4.63. The highest BCUT2D eigenvalue weighted by Gasteiger charge is 2.42. The second-order valence-electron chi connectivity index (χ2n) is 5.16. The first-order chi connectivity index (χ1) is 6.58. The summed E-state index contributed by atoms with van der Waals surface area (Å²) in [6.45, 7) is 12.5. The number of hydrogen-bond donors (Lipinski definition) is 1. The van der Waals surface area contributed by atoms with E-state index in [2.05, 4.69) is 32.6 Å². The molecular formula is C12H26N2. The molecule has 84 valence electrons. The lowest BCUT2D eigenvalue weighted by molar-refractivity contribution is -0.0464. The summed E-state index contributed by atoms with van der Waals surface area (Å²) in [5.74, 6) is 0.687. The zero-order valence-electron chi connectivity index (χ0n) is 10.2. The number of rotatable bonds is 5. The van der Waals surface area contributed by atoms with E-state index >= 15 is 0 Å². The summed E-state index contributed by atoms with van der Waals surface area (Å²) in [4.78, 5) is 2.57. The van der Waals surface area contributed by atoms with Crippen molar-refractivity contribution < 1.29 is 0 Å². The van der Waals surface area contributed by atoms with Gasteiger partial charge >= 0.3 is 0 Å². The van der Waals surface area contributed by atoms with Crippen molar-refractivity contribution in [3.05, 3.63) is 0 Å². The molecule has 0 aromatic carbocycles. The van der Waals surface area contributed by atoms with Crippen LogP contribution in [0.2, 0.25) is 0 Å². The van der Waals surface area contributed by atoms with Gasteiger partial charge in [-0.05, 0) is 24.2 Å². The first kappa shape index (κ1) is 12.0. The molecule has 0 aromatic rings. The summed E-state index contributed by atoms with van der Waals surface area (Å²) < 4.78 is 0. The van der Waals surface area contributed by atoms with Crippen molar-refractivity contribution >= 4 is 0 Å². The molecule has 0 aromatic heterocycles. The molecule has 0 bridgehead atoms. The molecule has 2 nitrogen and oxygen atoms in total. The fourth-order valence-electron chi connectivity index (χ4n) is 2.59. The highest BCUT2D eigenvalue weighted by molar-refractivity contribution is 4.96. The van der Waals surface area contributed by atoms with E-state index in [1.807, 2.05) is 0 Å². The average molecular weight is 198 g/mol. The number of nitrogens with zero attached hydrogens (tertiary/aromatic N) is 1. The van der Waals surface area contributed by atoms with Crippen LogP contribution in [-0.2, 0) is 0 Å². The van der Waals surface area contributed by atoms with Gasteiger partial charge in [0.2, 0.25) is 0 Å². The van der Waals surface area contributed by atoms with Crippen molar-refractivity contribution in [2.75, 3.05) is 19.6 Å². The summed E-state index contributed by atoms with van der Waals surface area (Å²) in [7, 11) is 0. The van der Waals surface area contributed by atoms with Gasteiger partial charge in [-0.2, -0.15) is 0 Å². The Balaban J connectivity index is 2.45. The molecule has 2 heteroatoms. The van der Waals surface area contributed by atoms with E-state index in [9.17, 15) is 0 Å². The predicted octanol–water partition coefficient (Wildman–Crippen LogP) is 2.09. The van der Waals surface area contributed by atoms with Crippen LogP contribution in [0.25, 0.3) is 0 Å². The Hall–Kier alpha value is -0.0800. The van der Waals surface area contributed by atoms with Crippen LogP contribution in [0.5, 0.6) is 0 Å². The van der Waals surface area contributed by atoms with Crippen LogP contribution < -0.4 is 5.73 Å². The van der Waals surface area contributed by atoms with Crippen LogP contribution in [-0.4, -0.2) is 30.6 Å². The molecule has 1 aliphatic heterocycles. The van der Waals surface area contributed by atoms with Gasteiger partial charge in [-0.1, -0.05) is 27.7 Å². The summed E-state index contributed by atoms with van der Waals surface area (Å²) in [5.41, 5.74) is 6.43. The maximum Gasteiger partial charge on any atom is 0.0241 e. The van der Waals surface area contributed by atoms with E-state index in [4.69, 9.17) is 5.73 Å². The minimum absolute atomic E-state index is 0.598. The minimum atomic E-state index is 0.598. The average Bonchev–Trinajstić information content (AvgIpc) is 2.10. The van der Waals surface area contributed by atoms with E-state index in [0.29, 0.717) is 17.4 Å². The highest BCUT2D eigenvalue weighted by Crippen LogP contribution is 2.38. The third-order valence-electron chi connectivity index (χ3n) is 4.06. The molecule has 0 saturated carbocycles. The van der Waals surface area contributed by atoms with Crippen molar-refractivity contribution in [2.24, 2.45) is 17.1 Å². The lowest BCUT2D eigenvalue weighted by atomic mass is 9.73. The maximum atomic E-state index is 5.81. The second-order valence-corrected chi connectivity index (χ2v) is 5.16. The molecular weight excluding hydrogens is 172 g/mol. The largest absolute Gasteiger partial charge is 0.329 e. The quantitative estimate of drug-likeness (QED) is 0.733.